The second-order valence-electron chi connectivity index (χ2n) is 8.78. The molecule has 40 heavy (non-hydrogen) atoms. The first-order valence-corrected chi connectivity index (χ1v) is 11.8. The van der Waals surface area contributed by atoms with Crippen LogP contribution in [0.3, 0.4) is 0 Å². The molecule has 15 heteroatoms. The zero-order chi connectivity index (χ0) is 27.1. The summed E-state index contributed by atoms with van der Waals surface area (Å²) >= 11 is 0. The van der Waals surface area contributed by atoms with Gasteiger partial charge in [-0.05, 0) is 43.7 Å². The van der Waals surface area contributed by atoms with E-state index < -0.39 is 29.0 Å². The minimum Gasteiger partial charge on any atom is -0.456 e. The Kier molecular flexibility index (Phi) is 7.21. The van der Waals surface area contributed by atoms with E-state index in [9.17, 15) is 13.2 Å². The van der Waals surface area contributed by atoms with E-state index in [1.807, 2.05) is 13.0 Å². The number of halogens is 5. The van der Waals surface area contributed by atoms with Crippen LogP contribution in [0.1, 0.15) is 24.7 Å². The van der Waals surface area contributed by atoms with Gasteiger partial charge in [0.15, 0.2) is 23.1 Å². The minimum absolute atomic E-state index is 0. The maximum atomic E-state index is 15.5. The number of rotatable bonds is 5. The molecule has 206 valence electrons. The molecule has 10 nitrogen and oxygen atoms in total. The molecule has 0 bridgehead atoms. The van der Waals surface area contributed by atoms with E-state index in [0.29, 0.717) is 23.4 Å². The second-order valence-corrected chi connectivity index (χ2v) is 8.78. The summed E-state index contributed by atoms with van der Waals surface area (Å²) < 4.78 is 64.4. The second kappa shape index (κ2) is 10.6. The molecule has 1 aliphatic rings. The molecule has 0 unspecified atom stereocenters. The van der Waals surface area contributed by atoms with Crippen molar-refractivity contribution in [3.05, 3.63) is 72.6 Å². The first kappa shape index (κ1) is 27.1. The summed E-state index contributed by atoms with van der Waals surface area (Å²) in [6, 6.07) is 5.09. The van der Waals surface area contributed by atoms with Gasteiger partial charge in [-0.15, -0.1) is 12.4 Å². The monoisotopic (exact) mass is 573 g/mol. The van der Waals surface area contributed by atoms with Gasteiger partial charge in [-0.3, -0.25) is 0 Å². The summed E-state index contributed by atoms with van der Waals surface area (Å²) in [6.07, 6.45) is 3.08. The van der Waals surface area contributed by atoms with Crippen LogP contribution < -0.4 is 15.4 Å². The molecule has 1 atom stereocenters. The quantitative estimate of drug-likeness (QED) is 0.269. The Bertz CT molecular complexity index is 1740. The minimum atomic E-state index is -5.06. The fourth-order valence-electron chi connectivity index (χ4n) is 4.28. The lowest BCUT2D eigenvalue weighted by atomic mass is 10.0. The number of fused-ring (bicyclic) bond motifs is 2. The van der Waals surface area contributed by atoms with Crippen LogP contribution in [0, 0.1) is 5.82 Å². The molecule has 0 aliphatic carbocycles. The highest BCUT2D eigenvalue weighted by Gasteiger charge is 2.39. The van der Waals surface area contributed by atoms with E-state index in [-0.39, 0.29) is 35.5 Å². The zero-order valence-corrected chi connectivity index (χ0v) is 21.5. The molecular weight excluding hydrogens is 554 g/mol. The van der Waals surface area contributed by atoms with Crippen LogP contribution in [0.2, 0.25) is 0 Å². The van der Waals surface area contributed by atoms with Crippen molar-refractivity contribution >= 4 is 46.2 Å². The Labute approximate surface area is 230 Å². The molecule has 0 saturated heterocycles. The predicted molar refractivity (Wildman–Crippen MR) is 140 cm³/mol. The molecule has 0 fully saturated rings. The normalized spacial score (nSPS) is 15.5. The number of anilines is 2. The maximum Gasteiger partial charge on any atom is 0.422 e. The highest BCUT2D eigenvalue weighted by atomic mass is 35.5. The fourth-order valence-corrected chi connectivity index (χ4v) is 4.28. The Morgan fingerprint density at radius 2 is 1.95 bits per heavy atom. The standard InChI is InChI=1S/C25H19F4N9O.ClH/c1-13-8-14(4-6-30-13)23-31-10-17-22(37-23)24(34-11-32-17)36-16-2-3-18(20(21(16)26)25(27,28)29)39-15-5-7-38-19(9-15)33-12-35-38;/h2-3,5,7-13,30H,4,6H2,1H3,(H,32,34,36);1H/t13-;/m0./s1. The Morgan fingerprint density at radius 1 is 1.10 bits per heavy atom. The molecule has 0 saturated carbocycles. The van der Waals surface area contributed by atoms with E-state index in [1.165, 1.54) is 41.7 Å². The van der Waals surface area contributed by atoms with Crippen molar-refractivity contribution in [2.75, 3.05) is 11.9 Å². The topological polar surface area (TPSA) is 115 Å². The number of aromatic nitrogens is 7. The highest BCUT2D eigenvalue weighted by molar-refractivity contribution is 5.87. The number of nitrogens with one attached hydrogen (secondary N) is 2. The number of ether oxygens (including phenoxy) is 1. The fraction of sp³-hybridized carbons (Fsp3) is 0.200. The van der Waals surface area contributed by atoms with Crippen LogP contribution in [0.15, 0.2) is 55.4 Å². The van der Waals surface area contributed by atoms with Crippen LogP contribution >= 0.6 is 12.4 Å². The first-order valence-electron chi connectivity index (χ1n) is 11.8. The van der Waals surface area contributed by atoms with E-state index in [4.69, 9.17) is 4.74 Å². The van der Waals surface area contributed by atoms with Crippen molar-refractivity contribution in [2.45, 2.75) is 25.6 Å². The SMILES string of the molecule is C[C@H]1C=C(c2ncc3ncnc(Nc4ccc(Oc5ccn6ncnc6c5)c(C(F)(F)F)c4F)c3n2)CCN1.Cl. The molecule has 0 spiro atoms. The third-order valence-corrected chi connectivity index (χ3v) is 6.10. The van der Waals surface area contributed by atoms with Crippen molar-refractivity contribution in [3.63, 3.8) is 0 Å². The lowest BCUT2D eigenvalue weighted by molar-refractivity contribution is -0.140. The molecule has 1 aromatic carbocycles. The summed E-state index contributed by atoms with van der Waals surface area (Å²) in [5.74, 6) is -1.76. The number of hydrogen-bond donors (Lipinski definition) is 2. The maximum absolute atomic E-state index is 15.5. The molecule has 1 aliphatic heterocycles. The van der Waals surface area contributed by atoms with Crippen LogP contribution in [-0.2, 0) is 6.18 Å². The van der Waals surface area contributed by atoms with Gasteiger partial charge in [0, 0.05) is 18.3 Å². The summed E-state index contributed by atoms with van der Waals surface area (Å²) in [7, 11) is 0. The van der Waals surface area contributed by atoms with Crippen molar-refractivity contribution in [1.29, 1.82) is 0 Å². The molecular formula is C25H20ClF4N9O. The summed E-state index contributed by atoms with van der Waals surface area (Å²) in [6.45, 7) is 2.75. The zero-order valence-electron chi connectivity index (χ0n) is 20.6. The molecule has 5 heterocycles. The first-order chi connectivity index (χ1) is 18.8. The third kappa shape index (κ3) is 5.22. The van der Waals surface area contributed by atoms with Gasteiger partial charge in [0.2, 0.25) is 0 Å². The van der Waals surface area contributed by atoms with Gasteiger partial charge in [-0.1, -0.05) is 6.08 Å². The number of benzene rings is 1. The van der Waals surface area contributed by atoms with Gasteiger partial charge in [0.05, 0.1) is 11.9 Å². The molecule has 0 amide bonds. The Hall–Kier alpha value is -4.43. The van der Waals surface area contributed by atoms with Crippen molar-refractivity contribution in [1.82, 2.24) is 39.9 Å². The molecule has 4 aromatic heterocycles. The lowest BCUT2D eigenvalue weighted by Crippen LogP contribution is -2.29. The lowest BCUT2D eigenvalue weighted by Gasteiger charge is -2.19. The van der Waals surface area contributed by atoms with E-state index in [2.05, 4.69) is 40.7 Å². The van der Waals surface area contributed by atoms with Crippen molar-refractivity contribution in [3.8, 4) is 11.5 Å². The van der Waals surface area contributed by atoms with Gasteiger partial charge in [-0.25, -0.2) is 33.8 Å². The van der Waals surface area contributed by atoms with E-state index in [0.717, 1.165) is 24.3 Å². The molecule has 0 radical (unpaired) electrons. The van der Waals surface area contributed by atoms with Crippen LogP contribution in [-0.4, -0.2) is 47.1 Å². The number of alkyl halides is 3. The van der Waals surface area contributed by atoms with Crippen molar-refractivity contribution in [2.24, 2.45) is 0 Å². The van der Waals surface area contributed by atoms with Gasteiger partial charge in [0.25, 0.3) is 0 Å². The van der Waals surface area contributed by atoms with Gasteiger partial charge >= 0.3 is 6.18 Å². The smallest absolute Gasteiger partial charge is 0.422 e. The van der Waals surface area contributed by atoms with E-state index in [1.54, 1.807) is 0 Å². The van der Waals surface area contributed by atoms with Crippen LogP contribution in [0.5, 0.6) is 11.5 Å². The van der Waals surface area contributed by atoms with Gasteiger partial charge in [-0.2, -0.15) is 18.3 Å². The van der Waals surface area contributed by atoms with Crippen molar-refractivity contribution < 1.29 is 22.3 Å². The molecule has 2 N–H and O–H groups in total. The van der Waals surface area contributed by atoms with Gasteiger partial charge < -0.3 is 15.4 Å². The van der Waals surface area contributed by atoms with Crippen LogP contribution in [0.4, 0.5) is 29.1 Å². The predicted octanol–water partition coefficient (Wildman–Crippen LogP) is 5.34. The molecule has 6 rings (SSSR count). The summed E-state index contributed by atoms with van der Waals surface area (Å²) in [4.78, 5) is 21.1. The number of nitrogens with zero attached hydrogens (tertiary/aromatic N) is 7. The average Bonchev–Trinajstić information content (AvgIpc) is 3.37. The number of hydrogen-bond acceptors (Lipinski definition) is 9. The van der Waals surface area contributed by atoms with E-state index >= 15 is 4.39 Å². The average molecular weight is 574 g/mol. The highest BCUT2D eigenvalue weighted by Crippen LogP contribution is 2.43. The largest absolute Gasteiger partial charge is 0.456 e. The molecule has 5 aromatic rings. The number of pyridine rings is 1. The van der Waals surface area contributed by atoms with Gasteiger partial charge in [0.1, 0.15) is 40.8 Å². The summed E-state index contributed by atoms with van der Waals surface area (Å²) in [5.41, 5.74) is -0.182. The Morgan fingerprint density at radius 3 is 2.75 bits per heavy atom. The Balaban J connectivity index is 0.00000323. The third-order valence-electron chi connectivity index (χ3n) is 6.10. The van der Waals surface area contributed by atoms with Crippen LogP contribution in [0.25, 0.3) is 22.3 Å². The summed E-state index contributed by atoms with van der Waals surface area (Å²) in [5, 5.41) is 9.87.